The third-order valence-corrected chi connectivity index (χ3v) is 4.21. The maximum atomic E-state index is 12.2. The maximum Gasteiger partial charge on any atom is 0.410 e. The Labute approximate surface area is 142 Å². The minimum atomic E-state index is -0.474. The Morgan fingerprint density at radius 3 is 2.83 bits per heavy atom. The Bertz CT molecular complexity index is 534. The summed E-state index contributed by atoms with van der Waals surface area (Å²) < 4.78 is 11.3. The highest BCUT2D eigenvalue weighted by molar-refractivity contribution is 7.98. The molecule has 23 heavy (non-hydrogen) atoms. The zero-order valence-electron chi connectivity index (χ0n) is 14.2. The number of carbonyl (C=O) groups is 1. The van der Waals surface area contributed by atoms with E-state index in [1.54, 1.807) is 29.1 Å². The van der Waals surface area contributed by atoms with Gasteiger partial charge in [-0.1, -0.05) is 0 Å². The maximum absolute atomic E-state index is 12.2. The molecule has 1 atom stereocenters. The summed E-state index contributed by atoms with van der Waals surface area (Å²) in [6.45, 7) is 7.26. The van der Waals surface area contributed by atoms with E-state index in [9.17, 15) is 4.79 Å². The van der Waals surface area contributed by atoms with Crippen molar-refractivity contribution in [1.29, 1.82) is 0 Å². The molecule has 2 heterocycles. The molecule has 1 aromatic heterocycles. The molecule has 1 fully saturated rings. The van der Waals surface area contributed by atoms with Gasteiger partial charge in [0.05, 0.1) is 24.9 Å². The zero-order chi connectivity index (χ0) is 16.9. The van der Waals surface area contributed by atoms with E-state index >= 15 is 0 Å². The molecule has 7 heteroatoms. The van der Waals surface area contributed by atoms with Gasteiger partial charge in [-0.25, -0.2) is 9.78 Å². The van der Waals surface area contributed by atoms with Crippen LogP contribution in [0.15, 0.2) is 17.4 Å². The lowest BCUT2D eigenvalue weighted by atomic mass is 10.2. The van der Waals surface area contributed by atoms with Gasteiger partial charge in [0, 0.05) is 18.9 Å². The summed E-state index contributed by atoms with van der Waals surface area (Å²) in [6, 6.07) is 0.0688. The quantitative estimate of drug-likeness (QED) is 0.768. The minimum Gasteiger partial charge on any atom is -0.444 e. The molecule has 6 nitrogen and oxygen atoms in total. The van der Waals surface area contributed by atoms with Crippen LogP contribution in [-0.2, 0) is 16.1 Å². The summed E-state index contributed by atoms with van der Waals surface area (Å²) in [7, 11) is 0. The Balaban J connectivity index is 1.86. The van der Waals surface area contributed by atoms with E-state index in [1.165, 1.54) is 0 Å². The van der Waals surface area contributed by atoms with Gasteiger partial charge in [0.15, 0.2) is 0 Å². The molecule has 1 aliphatic rings. The summed E-state index contributed by atoms with van der Waals surface area (Å²) >= 11 is 1.55. The topological polar surface area (TPSA) is 64.6 Å². The Kier molecular flexibility index (Phi) is 6.24. The van der Waals surface area contributed by atoms with Crippen LogP contribution in [0.1, 0.15) is 39.3 Å². The minimum absolute atomic E-state index is 0.0688. The summed E-state index contributed by atoms with van der Waals surface area (Å²) in [5, 5.41) is 0.878. The fourth-order valence-electron chi connectivity index (χ4n) is 2.49. The number of hydrogen-bond donors (Lipinski definition) is 0. The highest BCUT2D eigenvalue weighted by atomic mass is 32.2. The van der Waals surface area contributed by atoms with Gasteiger partial charge in [-0.15, -0.1) is 11.8 Å². The average Bonchev–Trinajstić information content (AvgIpc) is 2.94. The van der Waals surface area contributed by atoms with Crippen molar-refractivity contribution in [3.63, 3.8) is 0 Å². The van der Waals surface area contributed by atoms with Crippen molar-refractivity contribution in [2.45, 2.75) is 56.9 Å². The first kappa shape index (κ1) is 18.0. The molecule has 0 aromatic carbocycles. The van der Waals surface area contributed by atoms with E-state index in [-0.39, 0.29) is 12.1 Å². The molecule has 1 amide bonds. The van der Waals surface area contributed by atoms with E-state index in [0.717, 1.165) is 30.1 Å². The molecular formula is C16H25N3O3S. The first-order chi connectivity index (χ1) is 10.9. The lowest BCUT2D eigenvalue weighted by Crippen LogP contribution is -2.41. The Hall–Kier alpha value is -1.34. The molecule has 1 unspecified atom stereocenters. The summed E-state index contributed by atoms with van der Waals surface area (Å²) in [5.41, 5.74) is 0.361. The number of hydrogen-bond acceptors (Lipinski definition) is 6. The van der Waals surface area contributed by atoms with Gasteiger partial charge in [0.2, 0.25) is 0 Å². The van der Waals surface area contributed by atoms with E-state index < -0.39 is 5.60 Å². The molecule has 0 N–H and O–H groups in total. The molecule has 0 aliphatic carbocycles. The number of thioether (sulfide) groups is 1. The van der Waals surface area contributed by atoms with Crippen LogP contribution in [0.4, 0.5) is 4.79 Å². The molecule has 1 aromatic rings. The lowest BCUT2D eigenvalue weighted by molar-refractivity contribution is 0.00833. The number of likely N-dealkylation sites (tertiary alicyclic amines) is 1. The molecule has 0 bridgehead atoms. The largest absolute Gasteiger partial charge is 0.444 e. The SMILES string of the molecule is CSc1nccnc1COCC1CCCN1C(=O)OC(C)(C)C. The first-order valence-electron chi connectivity index (χ1n) is 7.82. The third-order valence-electron chi connectivity index (χ3n) is 3.48. The molecule has 0 spiro atoms. The number of amides is 1. The number of rotatable bonds is 5. The van der Waals surface area contributed by atoms with Gasteiger partial charge in [0.25, 0.3) is 0 Å². The number of aromatic nitrogens is 2. The summed E-state index contributed by atoms with van der Waals surface area (Å²) in [5.74, 6) is 0. The van der Waals surface area contributed by atoms with Crippen LogP contribution in [0, 0.1) is 0 Å². The van der Waals surface area contributed by atoms with Crippen molar-refractivity contribution >= 4 is 17.9 Å². The second-order valence-corrected chi connectivity index (χ2v) is 7.29. The summed E-state index contributed by atoms with van der Waals surface area (Å²) in [4.78, 5) is 22.6. The van der Waals surface area contributed by atoms with Crippen LogP contribution in [-0.4, -0.2) is 52.0 Å². The first-order valence-corrected chi connectivity index (χ1v) is 9.04. The van der Waals surface area contributed by atoms with Crippen molar-refractivity contribution in [2.24, 2.45) is 0 Å². The number of ether oxygens (including phenoxy) is 2. The smallest absolute Gasteiger partial charge is 0.410 e. The second kappa shape index (κ2) is 7.97. The molecule has 0 radical (unpaired) electrons. The van der Waals surface area contributed by atoms with Crippen molar-refractivity contribution in [3.8, 4) is 0 Å². The Morgan fingerprint density at radius 1 is 1.39 bits per heavy atom. The number of nitrogens with zero attached hydrogens (tertiary/aromatic N) is 3. The predicted octanol–water partition coefficient (Wildman–Crippen LogP) is 3.11. The van der Waals surface area contributed by atoms with Gasteiger partial charge >= 0.3 is 6.09 Å². The van der Waals surface area contributed by atoms with Crippen LogP contribution in [0.3, 0.4) is 0 Å². The van der Waals surface area contributed by atoms with Gasteiger partial charge in [-0.3, -0.25) is 4.98 Å². The predicted molar refractivity (Wildman–Crippen MR) is 89.4 cm³/mol. The molecule has 2 rings (SSSR count). The fourth-order valence-corrected chi connectivity index (χ4v) is 3.00. The third kappa shape index (κ3) is 5.35. The van der Waals surface area contributed by atoms with Crippen LogP contribution >= 0.6 is 11.8 Å². The average molecular weight is 339 g/mol. The van der Waals surface area contributed by atoms with Gasteiger partial charge in [-0.2, -0.15) is 0 Å². The van der Waals surface area contributed by atoms with E-state index in [4.69, 9.17) is 9.47 Å². The lowest BCUT2D eigenvalue weighted by Gasteiger charge is -2.28. The van der Waals surface area contributed by atoms with Crippen LogP contribution in [0.2, 0.25) is 0 Å². The monoisotopic (exact) mass is 339 g/mol. The van der Waals surface area contributed by atoms with Crippen molar-refractivity contribution < 1.29 is 14.3 Å². The molecule has 1 aliphatic heterocycles. The van der Waals surface area contributed by atoms with Crippen molar-refractivity contribution in [3.05, 3.63) is 18.1 Å². The highest BCUT2D eigenvalue weighted by Crippen LogP contribution is 2.22. The molecule has 0 saturated carbocycles. The fraction of sp³-hybridized carbons (Fsp3) is 0.688. The van der Waals surface area contributed by atoms with Gasteiger partial charge in [-0.05, 0) is 39.9 Å². The van der Waals surface area contributed by atoms with Gasteiger partial charge < -0.3 is 14.4 Å². The van der Waals surface area contributed by atoms with Crippen LogP contribution < -0.4 is 0 Å². The summed E-state index contributed by atoms with van der Waals surface area (Å²) in [6.07, 6.45) is 6.98. The number of carbonyl (C=O) groups excluding carboxylic acids is 1. The van der Waals surface area contributed by atoms with E-state index in [2.05, 4.69) is 9.97 Å². The van der Waals surface area contributed by atoms with Crippen LogP contribution in [0.5, 0.6) is 0 Å². The van der Waals surface area contributed by atoms with E-state index in [1.807, 2.05) is 27.0 Å². The second-order valence-electron chi connectivity index (χ2n) is 6.50. The molecule has 1 saturated heterocycles. The molecule has 128 valence electrons. The zero-order valence-corrected chi connectivity index (χ0v) is 15.1. The van der Waals surface area contributed by atoms with Crippen molar-refractivity contribution in [2.75, 3.05) is 19.4 Å². The molecular weight excluding hydrogens is 314 g/mol. The van der Waals surface area contributed by atoms with Crippen molar-refractivity contribution in [1.82, 2.24) is 14.9 Å². The van der Waals surface area contributed by atoms with Gasteiger partial charge in [0.1, 0.15) is 10.6 Å². The normalized spacial score (nSPS) is 18.3. The van der Waals surface area contributed by atoms with Crippen LogP contribution in [0.25, 0.3) is 0 Å². The van der Waals surface area contributed by atoms with E-state index in [0.29, 0.717) is 13.2 Å². The highest BCUT2D eigenvalue weighted by Gasteiger charge is 2.32. The standard InChI is InChI=1S/C16H25N3O3S/c1-16(2,3)22-15(20)19-9-5-6-12(19)10-21-11-13-14(23-4)18-8-7-17-13/h7-8,12H,5-6,9-11H2,1-4H3. The Morgan fingerprint density at radius 2 is 2.13 bits per heavy atom.